The van der Waals surface area contributed by atoms with Crippen molar-refractivity contribution in [1.82, 2.24) is 0 Å². The van der Waals surface area contributed by atoms with E-state index in [9.17, 15) is 9.59 Å². The van der Waals surface area contributed by atoms with Gasteiger partial charge in [0.2, 0.25) is 0 Å². The molecule has 0 spiro atoms. The fourth-order valence-electron chi connectivity index (χ4n) is 1.10. The SMILES string of the molecule is [CH2]C(=O)Oc1ccccc1C(=O)CC. The summed E-state index contributed by atoms with van der Waals surface area (Å²) < 4.78 is 4.80. The van der Waals surface area contributed by atoms with Crippen LogP contribution >= 0.6 is 0 Å². The Hall–Kier alpha value is -1.64. The van der Waals surface area contributed by atoms with Crippen molar-refractivity contribution in [3.05, 3.63) is 36.8 Å². The summed E-state index contributed by atoms with van der Waals surface area (Å²) in [6.45, 7) is 4.84. The van der Waals surface area contributed by atoms with Crippen LogP contribution in [-0.4, -0.2) is 11.8 Å². The first-order chi connectivity index (χ1) is 6.65. The van der Waals surface area contributed by atoms with Crippen molar-refractivity contribution in [2.75, 3.05) is 0 Å². The van der Waals surface area contributed by atoms with Crippen LogP contribution in [0.4, 0.5) is 0 Å². The molecule has 1 rings (SSSR count). The van der Waals surface area contributed by atoms with Crippen molar-refractivity contribution in [3.63, 3.8) is 0 Å². The molecule has 0 atom stereocenters. The lowest BCUT2D eigenvalue weighted by atomic mass is 10.1. The Morgan fingerprint density at radius 2 is 2.00 bits per heavy atom. The lowest BCUT2D eigenvalue weighted by Crippen LogP contribution is -2.07. The molecule has 0 aromatic heterocycles. The summed E-state index contributed by atoms with van der Waals surface area (Å²) in [4.78, 5) is 22.0. The summed E-state index contributed by atoms with van der Waals surface area (Å²) in [6, 6.07) is 6.63. The summed E-state index contributed by atoms with van der Waals surface area (Å²) >= 11 is 0. The zero-order chi connectivity index (χ0) is 10.6. The maximum atomic E-state index is 11.4. The second kappa shape index (κ2) is 4.56. The fourth-order valence-corrected chi connectivity index (χ4v) is 1.10. The third kappa shape index (κ3) is 2.42. The number of hydrogen-bond donors (Lipinski definition) is 0. The van der Waals surface area contributed by atoms with Crippen LogP contribution in [0.15, 0.2) is 24.3 Å². The highest BCUT2D eigenvalue weighted by atomic mass is 16.5. The molecule has 0 aliphatic heterocycles. The molecular weight excluding hydrogens is 180 g/mol. The minimum Gasteiger partial charge on any atom is -0.426 e. The van der Waals surface area contributed by atoms with E-state index in [0.717, 1.165) is 0 Å². The molecular formula is C11H11O3. The molecule has 0 heterocycles. The molecule has 3 heteroatoms. The first-order valence-corrected chi connectivity index (χ1v) is 4.31. The highest BCUT2D eigenvalue weighted by Gasteiger charge is 2.10. The van der Waals surface area contributed by atoms with Crippen molar-refractivity contribution in [1.29, 1.82) is 0 Å². The van der Waals surface area contributed by atoms with Crippen LogP contribution in [0.2, 0.25) is 0 Å². The second-order valence-corrected chi connectivity index (χ2v) is 2.75. The van der Waals surface area contributed by atoms with Gasteiger partial charge < -0.3 is 4.74 Å². The monoisotopic (exact) mass is 191 g/mol. The molecule has 0 amide bonds. The van der Waals surface area contributed by atoms with E-state index in [1.54, 1.807) is 31.2 Å². The number of carbonyl (C=O) groups excluding carboxylic acids is 2. The van der Waals surface area contributed by atoms with Gasteiger partial charge in [-0.3, -0.25) is 9.59 Å². The number of para-hydroxylation sites is 1. The third-order valence-electron chi connectivity index (χ3n) is 1.73. The van der Waals surface area contributed by atoms with Crippen molar-refractivity contribution in [3.8, 4) is 5.75 Å². The minimum atomic E-state index is -0.665. The quantitative estimate of drug-likeness (QED) is 0.417. The lowest BCUT2D eigenvalue weighted by Gasteiger charge is -2.05. The van der Waals surface area contributed by atoms with E-state index in [1.165, 1.54) is 0 Å². The molecule has 0 saturated heterocycles. The van der Waals surface area contributed by atoms with Gasteiger partial charge in [0, 0.05) is 6.42 Å². The van der Waals surface area contributed by atoms with Crippen molar-refractivity contribution in [2.24, 2.45) is 0 Å². The van der Waals surface area contributed by atoms with Gasteiger partial charge in [0.1, 0.15) is 5.75 Å². The van der Waals surface area contributed by atoms with Crippen LogP contribution in [-0.2, 0) is 4.79 Å². The maximum Gasteiger partial charge on any atom is 0.311 e. The Balaban J connectivity index is 3.02. The number of carbonyl (C=O) groups is 2. The molecule has 0 bridgehead atoms. The van der Waals surface area contributed by atoms with Gasteiger partial charge in [0.25, 0.3) is 0 Å². The third-order valence-corrected chi connectivity index (χ3v) is 1.73. The summed E-state index contributed by atoms with van der Waals surface area (Å²) in [5, 5.41) is 0. The van der Waals surface area contributed by atoms with E-state index in [-0.39, 0.29) is 11.5 Å². The number of Topliss-reactive ketones (excluding diaryl/α,β-unsaturated/α-hetero) is 1. The number of hydrogen-bond acceptors (Lipinski definition) is 3. The van der Waals surface area contributed by atoms with Crippen LogP contribution in [0, 0.1) is 6.92 Å². The molecule has 0 unspecified atom stereocenters. The number of ether oxygens (including phenoxy) is 1. The van der Waals surface area contributed by atoms with Gasteiger partial charge in [-0.05, 0) is 12.1 Å². The van der Waals surface area contributed by atoms with Crippen LogP contribution < -0.4 is 4.74 Å². The average Bonchev–Trinajstić information content (AvgIpc) is 2.16. The Labute approximate surface area is 82.7 Å². The largest absolute Gasteiger partial charge is 0.426 e. The zero-order valence-electron chi connectivity index (χ0n) is 7.95. The first kappa shape index (κ1) is 10.4. The minimum absolute atomic E-state index is 0.0538. The van der Waals surface area contributed by atoms with Crippen LogP contribution in [0.1, 0.15) is 23.7 Å². The van der Waals surface area contributed by atoms with E-state index in [2.05, 4.69) is 6.92 Å². The van der Waals surface area contributed by atoms with Gasteiger partial charge in [-0.25, -0.2) is 0 Å². The van der Waals surface area contributed by atoms with Gasteiger partial charge in [-0.15, -0.1) is 0 Å². The predicted octanol–water partition coefficient (Wildman–Crippen LogP) is 2.02. The first-order valence-electron chi connectivity index (χ1n) is 4.31. The van der Waals surface area contributed by atoms with Crippen LogP contribution in [0.3, 0.4) is 0 Å². The van der Waals surface area contributed by atoms with Crippen LogP contribution in [0.5, 0.6) is 5.75 Å². The molecule has 73 valence electrons. The topological polar surface area (TPSA) is 43.4 Å². The standard InChI is InChI=1S/C11H11O3/c1-3-10(13)9-6-4-5-7-11(9)14-8(2)12/h4-7H,2-3H2,1H3. The molecule has 1 aromatic carbocycles. The Morgan fingerprint density at radius 3 is 2.57 bits per heavy atom. The number of ketones is 1. The molecule has 0 fully saturated rings. The number of benzene rings is 1. The van der Waals surface area contributed by atoms with Crippen LogP contribution in [0.25, 0.3) is 0 Å². The Bertz CT molecular complexity index is 355. The van der Waals surface area contributed by atoms with E-state index in [4.69, 9.17) is 4.74 Å². The van der Waals surface area contributed by atoms with E-state index < -0.39 is 5.97 Å². The van der Waals surface area contributed by atoms with E-state index in [1.807, 2.05) is 0 Å². The molecule has 3 nitrogen and oxygen atoms in total. The zero-order valence-corrected chi connectivity index (χ0v) is 7.95. The van der Waals surface area contributed by atoms with Gasteiger partial charge in [-0.2, -0.15) is 0 Å². The van der Waals surface area contributed by atoms with E-state index in [0.29, 0.717) is 12.0 Å². The molecule has 0 saturated carbocycles. The molecule has 14 heavy (non-hydrogen) atoms. The number of rotatable bonds is 3. The molecule has 1 radical (unpaired) electrons. The van der Waals surface area contributed by atoms with Crippen molar-refractivity contribution in [2.45, 2.75) is 13.3 Å². The predicted molar refractivity (Wildman–Crippen MR) is 52.1 cm³/mol. The summed E-state index contributed by atoms with van der Waals surface area (Å²) in [5.41, 5.74) is 0.423. The fraction of sp³-hybridized carbons (Fsp3) is 0.182. The normalized spacial score (nSPS) is 9.57. The average molecular weight is 191 g/mol. The van der Waals surface area contributed by atoms with Gasteiger partial charge >= 0.3 is 5.97 Å². The van der Waals surface area contributed by atoms with E-state index >= 15 is 0 Å². The number of esters is 1. The van der Waals surface area contributed by atoms with Crippen molar-refractivity contribution >= 4 is 11.8 Å². The Kier molecular flexibility index (Phi) is 3.40. The molecule has 0 N–H and O–H groups in total. The molecule has 0 aliphatic carbocycles. The van der Waals surface area contributed by atoms with Gasteiger partial charge in [0.15, 0.2) is 5.78 Å². The highest BCUT2D eigenvalue weighted by molar-refractivity contribution is 5.99. The summed E-state index contributed by atoms with van der Waals surface area (Å²) in [7, 11) is 0. The maximum absolute atomic E-state index is 11.4. The summed E-state index contributed by atoms with van der Waals surface area (Å²) in [5.74, 6) is -0.442. The van der Waals surface area contributed by atoms with Gasteiger partial charge in [-0.1, -0.05) is 19.1 Å². The smallest absolute Gasteiger partial charge is 0.311 e. The highest BCUT2D eigenvalue weighted by Crippen LogP contribution is 2.19. The molecule has 0 aliphatic rings. The molecule has 1 aromatic rings. The van der Waals surface area contributed by atoms with Crippen molar-refractivity contribution < 1.29 is 14.3 Å². The lowest BCUT2D eigenvalue weighted by molar-refractivity contribution is -0.129. The second-order valence-electron chi connectivity index (χ2n) is 2.75. The summed E-state index contributed by atoms with van der Waals surface area (Å²) in [6.07, 6.45) is 0.381. The van der Waals surface area contributed by atoms with Gasteiger partial charge in [0.05, 0.1) is 12.5 Å². The Morgan fingerprint density at radius 1 is 1.36 bits per heavy atom.